The Labute approximate surface area is 188 Å². The van der Waals surface area contributed by atoms with Gasteiger partial charge in [0.05, 0.1) is 19.6 Å². The van der Waals surface area contributed by atoms with E-state index < -0.39 is 12.0 Å². The van der Waals surface area contributed by atoms with Crippen molar-refractivity contribution in [3.05, 3.63) is 29.8 Å². The van der Waals surface area contributed by atoms with E-state index in [0.29, 0.717) is 37.4 Å². The van der Waals surface area contributed by atoms with E-state index in [0.717, 1.165) is 32.4 Å². The van der Waals surface area contributed by atoms with Crippen LogP contribution in [0.15, 0.2) is 24.3 Å². The average Bonchev–Trinajstić information content (AvgIpc) is 2.80. The van der Waals surface area contributed by atoms with Gasteiger partial charge in [-0.05, 0) is 49.9 Å². The number of esters is 1. The molecule has 1 atom stereocenters. The maximum Gasteiger partial charge on any atom is 0.307 e. The molecular formula is C23H32N4O5. The molecule has 2 fully saturated rings. The first-order valence-corrected chi connectivity index (χ1v) is 11.3. The number of hydrogen-bond donors (Lipinski definition) is 2. The molecule has 0 spiro atoms. The van der Waals surface area contributed by atoms with Crippen molar-refractivity contribution in [2.75, 3.05) is 44.6 Å². The summed E-state index contributed by atoms with van der Waals surface area (Å²) in [4.78, 5) is 52.9. The fraction of sp³-hybridized carbons (Fsp3) is 0.565. The van der Waals surface area contributed by atoms with E-state index in [-0.39, 0.29) is 30.7 Å². The van der Waals surface area contributed by atoms with Gasteiger partial charge in [0.2, 0.25) is 11.8 Å². The monoisotopic (exact) mass is 444 g/mol. The largest absolute Gasteiger partial charge is 0.466 e. The second-order valence-electron chi connectivity index (χ2n) is 8.18. The van der Waals surface area contributed by atoms with Crippen molar-refractivity contribution >= 4 is 29.4 Å². The highest BCUT2D eigenvalue weighted by Crippen LogP contribution is 2.16. The second-order valence-corrected chi connectivity index (χ2v) is 8.18. The molecule has 0 aliphatic carbocycles. The molecule has 2 saturated heterocycles. The number of hydrogen-bond acceptors (Lipinski definition) is 6. The molecule has 1 unspecified atom stereocenters. The highest BCUT2D eigenvalue weighted by Gasteiger charge is 2.33. The zero-order chi connectivity index (χ0) is 22.9. The number of carbonyl (C=O) groups excluding carboxylic acids is 4. The predicted molar refractivity (Wildman–Crippen MR) is 119 cm³/mol. The third kappa shape index (κ3) is 6.53. The fourth-order valence-electron chi connectivity index (χ4n) is 3.97. The summed E-state index contributed by atoms with van der Waals surface area (Å²) in [6.45, 7) is 4.64. The van der Waals surface area contributed by atoms with Gasteiger partial charge < -0.3 is 20.3 Å². The molecule has 174 valence electrons. The van der Waals surface area contributed by atoms with Crippen LogP contribution in [0.5, 0.6) is 0 Å². The number of carbonyl (C=O) groups is 4. The Morgan fingerprint density at radius 2 is 1.81 bits per heavy atom. The van der Waals surface area contributed by atoms with Crippen molar-refractivity contribution in [2.45, 2.75) is 45.1 Å². The van der Waals surface area contributed by atoms with Gasteiger partial charge >= 0.3 is 5.97 Å². The van der Waals surface area contributed by atoms with Gasteiger partial charge in [-0.1, -0.05) is 6.92 Å². The van der Waals surface area contributed by atoms with E-state index >= 15 is 0 Å². The van der Waals surface area contributed by atoms with Crippen LogP contribution in [-0.2, 0) is 19.1 Å². The summed E-state index contributed by atoms with van der Waals surface area (Å²) >= 11 is 0. The minimum Gasteiger partial charge on any atom is -0.466 e. The van der Waals surface area contributed by atoms with Crippen molar-refractivity contribution < 1.29 is 23.9 Å². The lowest BCUT2D eigenvalue weighted by molar-refractivity contribution is -0.148. The maximum atomic E-state index is 12.6. The summed E-state index contributed by atoms with van der Waals surface area (Å²) < 4.78 is 5.09. The Kier molecular flexibility index (Phi) is 8.61. The Balaban J connectivity index is 1.54. The van der Waals surface area contributed by atoms with E-state index in [4.69, 9.17) is 4.74 Å². The van der Waals surface area contributed by atoms with Crippen molar-refractivity contribution in [2.24, 2.45) is 0 Å². The van der Waals surface area contributed by atoms with Gasteiger partial charge in [-0.25, -0.2) is 0 Å². The minimum absolute atomic E-state index is 0.0136. The lowest BCUT2D eigenvalue weighted by atomic mass is 10.1. The molecule has 9 nitrogen and oxygen atoms in total. The van der Waals surface area contributed by atoms with Crippen LogP contribution in [0.1, 0.15) is 49.4 Å². The van der Waals surface area contributed by atoms with Crippen LogP contribution in [0, 0.1) is 0 Å². The van der Waals surface area contributed by atoms with Crippen LogP contribution in [0.3, 0.4) is 0 Å². The zero-order valence-corrected chi connectivity index (χ0v) is 18.6. The van der Waals surface area contributed by atoms with Gasteiger partial charge in [0.1, 0.15) is 6.04 Å². The first kappa shape index (κ1) is 23.7. The third-order valence-corrected chi connectivity index (χ3v) is 5.67. The first-order valence-electron chi connectivity index (χ1n) is 11.3. The Hall–Kier alpha value is -2.94. The Morgan fingerprint density at radius 3 is 2.50 bits per heavy atom. The summed E-state index contributed by atoms with van der Waals surface area (Å²) in [5, 5.41) is 5.54. The van der Waals surface area contributed by atoms with E-state index in [1.807, 2.05) is 11.8 Å². The summed E-state index contributed by atoms with van der Waals surface area (Å²) in [6.07, 6.45) is 3.84. The molecule has 2 N–H and O–H groups in total. The molecule has 3 amide bonds. The van der Waals surface area contributed by atoms with Crippen LogP contribution in [0.4, 0.5) is 5.69 Å². The molecule has 2 aliphatic heterocycles. The molecule has 0 bridgehead atoms. The maximum absolute atomic E-state index is 12.6. The number of benzene rings is 1. The molecule has 2 aliphatic rings. The van der Waals surface area contributed by atoms with Crippen LogP contribution in [0.2, 0.25) is 0 Å². The number of nitrogens with one attached hydrogen (secondary N) is 2. The van der Waals surface area contributed by atoms with Crippen LogP contribution < -0.4 is 10.6 Å². The van der Waals surface area contributed by atoms with Crippen LogP contribution in [0.25, 0.3) is 0 Å². The summed E-state index contributed by atoms with van der Waals surface area (Å²) in [5.41, 5.74) is 1.17. The highest BCUT2D eigenvalue weighted by atomic mass is 16.5. The lowest BCUT2D eigenvalue weighted by Crippen LogP contribution is -2.57. The molecule has 32 heavy (non-hydrogen) atoms. The number of ether oxygens (including phenoxy) is 1. The topological polar surface area (TPSA) is 108 Å². The van der Waals surface area contributed by atoms with Crippen molar-refractivity contribution in [3.63, 3.8) is 0 Å². The van der Waals surface area contributed by atoms with Crippen LogP contribution in [-0.4, -0.2) is 78.9 Å². The molecule has 0 saturated carbocycles. The highest BCUT2D eigenvalue weighted by molar-refractivity contribution is 5.96. The summed E-state index contributed by atoms with van der Waals surface area (Å²) in [7, 11) is 0. The first-order chi connectivity index (χ1) is 15.5. The van der Waals surface area contributed by atoms with Gasteiger partial charge in [0.25, 0.3) is 5.91 Å². The number of amides is 3. The van der Waals surface area contributed by atoms with Gasteiger partial charge in [0.15, 0.2) is 0 Å². The normalized spacial score (nSPS) is 19.2. The lowest BCUT2D eigenvalue weighted by Gasteiger charge is -2.33. The van der Waals surface area contributed by atoms with Crippen LogP contribution >= 0.6 is 0 Å². The summed E-state index contributed by atoms with van der Waals surface area (Å²) in [5.74, 6) is -1.01. The van der Waals surface area contributed by atoms with E-state index in [2.05, 4.69) is 10.6 Å². The molecule has 3 rings (SSSR count). The van der Waals surface area contributed by atoms with E-state index in [9.17, 15) is 19.2 Å². The Bertz CT molecular complexity index is 820. The predicted octanol–water partition coefficient (Wildman–Crippen LogP) is 1.39. The van der Waals surface area contributed by atoms with Gasteiger partial charge in [-0.3, -0.25) is 24.1 Å². The van der Waals surface area contributed by atoms with Crippen molar-refractivity contribution in [1.29, 1.82) is 0 Å². The number of nitrogens with zero attached hydrogens (tertiary/aromatic N) is 2. The standard InChI is InChI=1S/C23H32N4O5/c1-2-14-32-21(29)15-19-22(30)24-10-13-27(19)16-20(28)25-18-8-6-17(7-9-18)23(31)26-11-4-3-5-12-26/h6-9,19H,2-5,10-16H2,1H3,(H,24,30)(H,25,28). The number of anilines is 1. The molecule has 0 radical (unpaired) electrons. The van der Waals surface area contributed by atoms with Crippen molar-refractivity contribution in [3.8, 4) is 0 Å². The number of likely N-dealkylation sites (tertiary alicyclic amines) is 1. The number of piperazine rings is 1. The van der Waals surface area contributed by atoms with Crippen molar-refractivity contribution in [1.82, 2.24) is 15.1 Å². The molecule has 0 aromatic heterocycles. The molecule has 1 aromatic carbocycles. The van der Waals surface area contributed by atoms with Gasteiger partial charge in [0, 0.05) is 37.4 Å². The fourth-order valence-corrected chi connectivity index (χ4v) is 3.97. The quantitative estimate of drug-likeness (QED) is 0.587. The number of rotatable bonds is 8. The third-order valence-electron chi connectivity index (χ3n) is 5.67. The smallest absolute Gasteiger partial charge is 0.307 e. The molecule has 2 heterocycles. The Morgan fingerprint density at radius 1 is 1.09 bits per heavy atom. The molecule has 1 aromatic rings. The second kappa shape index (κ2) is 11.6. The average molecular weight is 445 g/mol. The minimum atomic E-state index is -0.733. The summed E-state index contributed by atoms with van der Waals surface area (Å²) in [6, 6.07) is 6.11. The number of piperidine rings is 1. The van der Waals surface area contributed by atoms with E-state index in [1.165, 1.54) is 0 Å². The molecule has 9 heteroatoms. The van der Waals surface area contributed by atoms with E-state index in [1.54, 1.807) is 29.2 Å². The van der Waals surface area contributed by atoms with Gasteiger partial charge in [-0.2, -0.15) is 0 Å². The molecular weight excluding hydrogens is 412 g/mol. The zero-order valence-electron chi connectivity index (χ0n) is 18.6. The SMILES string of the molecule is CCCOC(=O)CC1C(=O)NCCN1CC(=O)Nc1ccc(C(=O)N2CCCCC2)cc1. The van der Waals surface area contributed by atoms with Gasteiger partial charge in [-0.15, -0.1) is 0 Å².